The smallest absolute Gasteiger partial charge is 0.295 e. The number of carbonyl (C=O) groups is 1. The summed E-state index contributed by atoms with van der Waals surface area (Å²) in [7, 11) is 0. The van der Waals surface area contributed by atoms with Crippen LogP contribution in [0.1, 0.15) is 22.8 Å². The number of hydrogen-bond acceptors (Lipinski definition) is 5. The van der Waals surface area contributed by atoms with Gasteiger partial charge in [0.2, 0.25) is 0 Å². The number of nitrogens with zero attached hydrogens (tertiary/aromatic N) is 3. The molecule has 2 aromatic carbocycles. The van der Waals surface area contributed by atoms with Crippen LogP contribution in [-0.2, 0) is 0 Å². The van der Waals surface area contributed by atoms with Crippen LogP contribution < -0.4 is 4.90 Å². The number of para-hydroxylation sites is 1. The van der Waals surface area contributed by atoms with Crippen LogP contribution in [0.3, 0.4) is 0 Å². The van der Waals surface area contributed by atoms with Gasteiger partial charge >= 0.3 is 0 Å². The quantitative estimate of drug-likeness (QED) is 0.586. The first-order chi connectivity index (χ1) is 11.8. The highest BCUT2D eigenvalue weighted by Gasteiger charge is 2.29. The summed E-state index contributed by atoms with van der Waals surface area (Å²) in [5.74, 6) is -0.645. The number of nitro benzene ring substituents is 2. The summed E-state index contributed by atoms with van der Waals surface area (Å²) in [6.07, 6.45) is 0. The van der Waals surface area contributed by atoms with E-state index in [1.807, 2.05) is 19.1 Å². The summed E-state index contributed by atoms with van der Waals surface area (Å²) in [6, 6.07) is 8.78. The molecule has 0 unspecified atom stereocenters. The van der Waals surface area contributed by atoms with Crippen LogP contribution in [0.4, 0.5) is 17.1 Å². The monoisotopic (exact) mass is 363 g/mol. The largest absolute Gasteiger partial charge is 0.308 e. The van der Waals surface area contributed by atoms with Gasteiger partial charge in [0.05, 0.1) is 21.5 Å². The van der Waals surface area contributed by atoms with Gasteiger partial charge in [0.25, 0.3) is 17.3 Å². The van der Waals surface area contributed by atoms with Crippen molar-refractivity contribution in [3.63, 3.8) is 0 Å². The molecular weight excluding hydrogens is 350 g/mol. The number of non-ortho nitro benzene ring substituents is 1. The number of nitro groups is 2. The predicted molar refractivity (Wildman–Crippen MR) is 93.3 cm³/mol. The molecule has 2 aromatic rings. The van der Waals surface area contributed by atoms with Crippen molar-refractivity contribution in [2.45, 2.75) is 13.8 Å². The van der Waals surface area contributed by atoms with Crippen molar-refractivity contribution >= 4 is 34.6 Å². The van der Waals surface area contributed by atoms with Crippen molar-refractivity contribution in [2.75, 3.05) is 11.4 Å². The van der Waals surface area contributed by atoms with Crippen LogP contribution in [0.2, 0.25) is 5.02 Å². The van der Waals surface area contributed by atoms with Crippen molar-refractivity contribution in [3.05, 3.63) is 72.8 Å². The third-order valence-electron chi connectivity index (χ3n) is 3.64. The third kappa shape index (κ3) is 3.58. The number of hydrogen-bond donors (Lipinski definition) is 0. The minimum absolute atomic E-state index is 0.260. The number of aryl methyl sites for hydroxylation is 1. The number of benzene rings is 2. The number of anilines is 1. The Kier molecular flexibility index (Phi) is 5.33. The van der Waals surface area contributed by atoms with E-state index in [9.17, 15) is 25.0 Å². The molecule has 9 heteroatoms. The SMILES string of the molecule is CCN(C(=O)c1cc([N+](=O)[O-])cc([N+](=O)[O-])c1Cl)c1ccccc1C. The normalized spacial score (nSPS) is 10.4. The zero-order chi connectivity index (χ0) is 18.7. The van der Waals surface area contributed by atoms with E-state index in [1.54, 1.807) is 19.1 Å². The maximum absolute atomic E-state index is 12.9. The van der Waals surface area contributed by atoms with Crippen LogP contribution in [0.15, 0.2) is 36.4 Å². The first kappa shape index (κ1) is 18.3. The second kappa shape index (κ2) is 7.27. The Labute approximate surface area is 147 Å². The molecule has 0 heterocycles. The van der Waals surface area contributed by atoms with Crippen LogP contribution in [0, 0.1) is 27.2 Å². The molecule has 0 spiro atoms. The fourth-order valence-corrected chi connectivity index (χ4v) is 2.68. The average Bonchev–Trinajstić information content (AvgIpc) is 2.56. The Morgan fingerprint density at radius 3 is 2.32 bits per heavy atom. The molecule has 0 bridgehead atoms. The Morgan fingerprint density at radius 1 is 1.16 bits per heavy atom. The molecule has 0 atom stereocenters. The maximum Gasteiger partial charge on any atom is 0.295 e. The van der Waals surface area contributed by atoms with Crippen LogP contribution >= 0.6 is 11.6 Å². The lowest BCUT2D eigenvalue weighted by Crippen LogP contribution is -2.31. The average molecular weight is 364 g/mol. The Morgan fingerprint density at radius 2 is 1.80 bits per heavy atom. The molecule has 130 valence electrons. The van der Waals surface area contributed by atoms with Gasteiger partial charge in [0, 0.05) is 18.3 Å². The Balaban J connectivity index is 2.63. The van der Waals surface area contributed by atoms with Gasteiger partial charge in [-0.15, -0.1) is 0 Å². The van der Waals surface area contributed by atoms with E-state index in [1.165, 1.54) is 4.90 Å². The zero-order valence-corrected chi connectivity index (χ0v) is 14.2. The number of rotatable bonds is 5. The Bertz CT molecular complexity index is 869. The van der Waals surface area contributed by atoms with Crippen molar-refractivity contribution in [1.82, 2.24) is 0 Å². The first-order valence-electron chi connectivity index (χ1n) is 7.27. The predicted octanol–water partition coefficient (Wildman–Crippen LogP) is 4.13. The highest BCUT2D eigenvalue weighted by molar-refractivity contribution is 6.36. The molecule has 0 aromatic heterocycles. The fraction of sp³-hybridized carbons (Fsp3) is 0.188. The summed E-state index contributed by atoms with van der Waals surface area (Å²) < 4.78 is 0. The maximum atomic E-state index is 12.9. The van der Waals surface area contributed by atoms with Gasteiger partial charge in [-0.1, -0.05) is 29.8 Å². The lowest BCUT2D eigenvalue weighted by Gasteiger charge is -2.23. The molecule has 0 fully saturated rings. The Hall–Kier alpha value is -3.00. The molecule has 2 rings (SSSR count). The third-order valence-corrected chi connectivity index (χ3v) is 4.04. The van der Waals surface area contributed by atoms with Crippen LogP contribution in [0.5, 0.6) is 0 Å². The summed E-state index contributed by atoms with van der Waals surface area (Å²) in [4.78, 5) is 34.8. The molecular formula is C16H14ClN3O5. The summed E-state index contributed by atoms with van der Waals surface area (Å²) >= 11 is 5.99. The van der Waals surface area contributed by atoms with Crippen LogP contribution in [-0.4, -0.2) is 22.3 Å². The first-order valence-corrected chi connectivity index (χ1v) is 7.65. The van der Waals surface area contributed by atoms with Gasteiger partial charge in [-0.05, 0) is 25.5 Å². The molecule has 25 heavy (non-hydrogen) atoms. The minimum Gasteiger partial charge on any atom is -0.308 e. The number of amides is 1. The van der Waals surface area contributed by atoms with E-state index in [-0.39, 0.29) is 12.1 Å². The summed E-state index contributed by atoms with van der Waals surface area (Å²) in [6.45, 7) is 3.79. The summed E-state index contributed by atoms with van der Waals surface area (Å²) in [5, 5.41) is 21.7. The lowest BCUT2D eigenvalue weighted by atomic mass is 10.1. The molecule has 0 saturated carbocycles. The van der Waals surface area contributed by atoms with E-state index < -0.39 is 32.2 Å². The molecule has 1 amide bonds. The summed E-state index contributed by atoms with van der Waals surface area (Å²) in [5.41, 5.74) is -0.123. The van der Waals surface area contributed by atoms with Crippen molar-refractivity contribution in [3.8, 4) is 0 Å². The highest BCUT2D eigenvalue weighted by atomic mass is 35.5. The number of halogens is 1. The standard InChI is InChI=1S/C16H14ClN3O5/c1-3-18(13-7-5-4-6-10(13)2)16(21)12-8-11(19(22)23)9-14(15(12)17)20(24)25/h4-9H,3H2,1-2H3. The molecule has 0 aliphatic heterocycles. The van der Waals surface area contributed by atoms with Gasteiger partial charge in [0.15, 0.2) is 0 Å². The van der Waals surface area contributed by atoms with Crippen molar-refractivity contribution in [2.24, 2.45) is 0 Å². The van der Waals surface area contributed by atoms with E-state index in [2.05, 4.69) is 0 Å². The second-order valence-electron chi connectivity index (χ2n) is 5.18. The van der Waals surface area contributed by atoms with Crippen molar-refractivity contribution < 1.29 is 14.6 Å². The second-order valence-corrected chi connectivity index (χ2v) is 5.55. The molecule has 0 aliphatic rings. The zero-order valence-electron chi connectivity index (χ0n) is 13.4. The van der Waals surface area contributed by atoms with Crippen molar-refractivity contribution in [1.29, 1.82) is 0 Å². The topological polar surface area (TPSA) is 107 Å². The molecule has 0 aliphatic carbocycles. The molecule has 0 N–H and O–H groups in total. The van der Waals surface area contributed by atoms with Gasteiger partial charge in [0.1, 0.15) is 5.02 Å². The van der Waals surface area contributed by atoms with Crippen LogP contribution in [0.25, 0.3) is 0 Å². The van der Waals surface area contributed by atoms with Gasteiger partial charge < -0.3 is 4.90 Å². The van der Waals surface area contributed by atoms with Gasteiger partial charge in [-0.2, -0.15) is 0 Å². The minimum atomic E-state index is -0.851. The van der Waals surface area contributed by atoms with E-state index in [0.717, 1.165) is 17.7 Å². The fourth-order valence-electron chi connectivity index (χ4n) is 2.42. The number of carbonyl (C=O) groups excluding carboxylic acids is 1. The highest BCUT2D eigenvalue weighted by Crippen LogP contribution is 2.34. The van der Waals surface area contributed by atoms with E-state index in [0.29, 0.717) is 5.69 Å². The molecule has 0 saturated heterocycles. The lowest BCUT2D eigenvalue weighted by molar-refractivity contribution is -0.394. The molecule has 0 radical (unpaired) electrons. The van der Waals surface area contributed by atoms with E-state index in [4.69, 9.17) is 11.6 Å². The molecule has 8 nitrogen and oxygen atoms in total. The van der Waals surface area contributed by atoms with Gasteiger partial charge in [-0.3, -0.25) is 25.0 Å². The van der Waals surface area contributed by atoms with E-state index >= 15 is 0 Å². The van der Waals surface area contributed by atoms with Gasteiger partial charge in [-0.25, -0.2) is 0 Å².